The van der Waals surface area contributed by atoms with Crippen molar-refractivity contribution in [3.8, 4) is 0 Å². The highest BCUT2D eigenvalue weighted by molar-refractivity contribution is 5.97. The number of nitrogens with zero attached hydrogens (tertiary/aromatic N) is 2. The fourth-order valence-electron chi connectivity index (χ4n) is 1.86. The number of hydrogen-bond donors (Lipinski definition) is 2. The van der Waals surface area contributed by atoms with Crippen molar-refractivity contribution in [3.63, 3.8) is 0 Å². The number of carbonyl (C=O) groups excluding carboxylic acids is 1. The van der Waals surface area contributed by atoms with Gasteiger partial charge in [0.1, 0.15) is 17.3 Å². The van der Waals surface area contributed by atoms with Crippen molar-refractivity contribution in [1.82, 2.24) is 15.3 Å². The van der Waals surface area contributed by atoms with E-state index in [2.05, 4.69) is 20.6 Å². The van der Waals surface area contributed by atoms with Gasteiger partial charge in [0.05, 0.1) is 18.4 Å². The molecule has 2 aromatic heterocycles. The van der Waals surface area contributed by atoms with Gasteiger partial charge in [-0.05, 0) is 19.1 Å². The molecule has 2 rings (SSSR count). The molecule has 2 aromatic rings. The van der Waals surface area contributed by atoms with Crippen LogP contribution in [0.25, 0.3) is 0 Å². The van der Waals surface area contributed by atoms with Crippen LogP contribution in [0.1, 0.15) is 47.6 Å². The quantitative estimate of drug-likeness (QED) is 0.883. The molecule has 0 aliphatic carbocycles. The van der Waals surface area contributed by atoms with Gasteiger partial charge in [-0.15, -0.1) is 0 Å². The second kappa shape index (κ2) is 6.39. The Balaban J connectivity index is 2.15. The van der Waals surface area contributed by atoms with Crippen molar-refractivity contribution in [2.45, 2.75) is 33.2 Å². The molecule has 1 amide bonds. The summed E-state index contributed by atoms with van der Waals surface area (Å²) in [6, 6.07) is 3.70. The Morgan fingerprint density at radius 1 is 1.38 bits per heavy atom. The smallest absolute Gasteiger partial charge is 0.272 e. The minimum absolute atomic E-state index is 0.162. The van der Waals surface area contributed by atoms with E-state index in [1.54, 1.807) is 13.2 Å². The lowest BCUT2D eigenvalue weighted by Crippen LogP contribution is -2.25. The zero-order valence-corrected chi connectivity index (χ0v) is 12.7. The highest BCUT2D eigenvalue weighted by Gasteiger charge is 2.16. The highest BCUT2D eigenvalue weighted by Crippen LogP contribution is 2.16. The standard InChI is InChI=1S/C15H20N4O2/c1-9(2)14-17-8-12(16-4)13(19-14)15(20)18-7-11-6-5-10(3)21-11/h5-6,8-9,16H,7H2,1-4H3,(H,18,20). The number of aromatic nitrogens is 2. The molecule has 2 N–H and O–H groups in total. The average Bonchev–Trinajstić information content (AvgIpc) is 2.89. The van der Waals surface area contributed by atoms with Crippen LogP contribution in [0.15, 0.2) is 22.7 Å². The van der Waals surface area contributed by atoms with Crippen LogP contribution >= 0.6 is 0 Å². The fraction of sp³-hybridized carbons (Fsp3) is 0.400. The van der Waals surface area contributed by atoms with Gasteiger partial charge in [-0.2, -0.15) is 0 Å². The third-order valence-corrected chi connectivity index (χ3v) is 3.03. The lowest BCUT2D eigenvalue weighted by atomic mass is 10.2. The molecule has 0 aromatic carbocycles. The Hall–Kier alpha value is -2.37. The molecule has 0 bridgehead atoms. The maximum atomic E-state index is 12.3. The van der Waals surface area contributed by atoms with E-state index in [4.69, 9.17) is 4.42 Å². The van der Waals surface area contributed by atoms with Crippen molar-refractivity contribution in [3.05, 3.63) is 41.4 Å². The van der Waals surface area contributed by atoms with Crippen molar-refractivity contribution < 1.29 is 9.21 Å². The van der Waals surface area contributed by atoms with Gasteiger partial charge in [0.25, 0.3) is 5.91 Å². The molecule has 21 heavy (non-hydrogen) atoms. The van der Waals surface area contributed by atoms with Crippen LogP contribution in [0, 0.1) is 6.92 Å². The molecule has 0 aliphatic heterocycles. The SMILES string of the molecule is CNc1cnc(C(C)C)nc1C(=O)NCc1ccc(C)o1. The van der Waals surface area contributed by atoms with Gasteiger partial charge in [0, 0.05) is 13.0 Å². The van der Waals surface area contributed by atoms with Crippen molar-refractivity contribution >= 4 is 11.6 Å². The number of carbonyl (C=O) groups is 1. The number of aryl methyl sites for hydroxylation is 1. The van der Waals surface area contributed by atoms with Gasteiger partial charge in [-0.1, -0.05) is 13.8 Å². The monoisotopic (exact) mass is 288 g/mol. The summed E-state index contributed by atoms with van der Waals surface area (Å²) in [7, 11) is 1.74. The van der Waals surface area contributed by atoms with Gasteiger partial charge >= 0.3 is 0 Å². The summed E-state index contributed by atoms with van der Waals surface area (Å²) in [5.41, 5.74) is 0.951. The first-order valence-corrected chi connectivity index (χ1v) is 6.89. The number of furan rings is 1. The largest absolute Gasteiger partial charge is 0.465 e. The number of anilines is 1. The summed E-state index contributed by atoms with van der Waals surface area (Å²) in [5.74, 6) is 2.09. The Morgan fingerprint density at radius 2 is 2.14 bits per heavy atom. The zero-order chi connectivity index (χ0) is 15.4. The van der Waals surface area contributed by atoms with Crippen LogP contribution < -0.4 is 10.6 Å². The van der Waals surface area contributed by atoms with Gasteiger partial charge in [0.2, 0.25) is 0 Å². The van der Waals surface area contributed by atoms with Gasteiger partial charge in [-0.25, -0.2) is 9.97 Å². The molecule has 112 valence electrons. The molecular formula is C15H20N4O2. The van der Waals surface area contributed by atoms with Gasteiger partial charge < -0.3 is 15.1 Å². The summed E-state index contributed by atoms with van der Waals surface area (Å²) in [4.78, 5) is 20.9. The summed E-state index contributed by atoms with van der Waals surface area (Å²) < 4.78 is 5.43. The first kappa shape index (κ1) is 15.0. The zero-order valence-electron chi connectivity index (χ0n) is 12.7. The van der Waals surface area contributed by atoms with Crippen LogP contribution in [0.4, 0.5) is 5.69 Å². The summed E-state index contributed by atoms with van der Waals surface area (Å²) in [5, 5.41) is 5.74. The second-order valence-corrected chi connectivity index (χ2v) is 5.09. The molecule has 0 fully saturated rings. The molecule has 0 saturated heterocycles. The Morgan fingerprint density at radius 3 is 2.71 bits per heavy atom. The molecule has 2 heterocycles. The second-order valence-electron chi connectivity index (χ2n) is 5.09. The molecular weight excluding hydrogens is 268 g/mol. The Bertz CT molecular complexity index is 634. The molecule has 0 aliphatic rings. The van der Waals surface area contributed by atoms with E-state index in [1.807, 2.05) is 32.9 Å². The van der Waals surface area contributed by atoms with Crippen LogP contribution in [0.3, 0.4) is 0 Å². The summed E-state index contributed by atoms with van der Waals surface area (Å²) >= 11 is 0. The van der Waals surface area contributed by atoms with Crippen LogP contribution in [0.5, 0.6) is 0 Å². The number of hydrogen-bond acceptors (Lipinski definition) is 5. The van der Waals surface area contributed by atoms with E-state index < -0.39 is 0 Å². The predicted octanol–water partition coefficient (Wildman–Crippen LogP) is 2.47. The molecule has 0 unspecified atom stereocenters. The van der Waals surface area contributed by atoms with Crippen molar-refractivity contribution in [2.75, 3.05) is 12.4 Å². The van der Waals surface area contributed by atoms with Crippen LogP contribution in [-0.2, 0) is 6.54 Å². The van der Waals surface area contributed by atoms with Gasteiger partial charge in [-0.3, -0.25) is 4.79 Å². The Labute approximate surface area is 124 Å². The maximum absolute atomic E-state index is 12.3. The van der Waals surface area contributed by atoms with E-state index in [0.29, 0.717) is 29.5 Å². The van der Waals surface area contributed by atoms with E-state index in [-0.39, 0.29) is 11.8 Å². The van der Waals surface area contributed by atoms with E-state index in [0.717, 1.165) is 5.76 Å². The third-order valence-electron chi connectivity index (χ3n) is 3.03. The normalized spacial score (nSPS) is 10.7. The third kappa shape index (κ3) is 3.59. The molecule has 0 atom stereocenters. The lowest BCUT2D eigenvalue weighted by molar-refractivity contribution is 0.0943. The molecule has 0 spiro atoms. The van der Waals surface area contributed by atoms with Crippen molar-refractivity contribution in [1.29, 1.82) is 0 Å². The minimum atomic E-state index is -0.252. The maximum Gasteiger partial charge on any atom is 0.272 e. The summed E-state index contributed by atoms with van der Waals surface area (Å²) in [6.45, 7) is 6.17. The van der Waals surface area contributed by atoms with E-state index in [9.17, 15) is 4.79 Å². The number of rotatable bonds is 5. The molecule has 0 saturated carbocycles. The van der Waals surface area contributed by atoms with Crippen molar-refractivity contribution in [2.24, 2.45) is 0 Å². The molecule has 6 heteroatoms. The van der Waals surface area contributed by atoms with Crippen LogP contribution in [0.2, 0.25) is 0 Å². The first-order valence-electron chi connectivity index (χ1n) is 6.89. The van der Waals surface area contributed by atoms with E-state index in [1.165, 1.54) is 0 Å². The molecule has 0 radical (unpaired) electrons. The highest BCUT2D eigenvalue weighted by atomic mass is 16.3. The lowest BCUT2D eigenvalue weighted by Gasteiger charge is -2.11. The van der Waals surface area contributed by atoms with Crippen LogP contribution in [-0.4, -0.2) is 22.9 Å². The number of nitrogens with one attached hydrogen (secondary N) is 2. The topological polar surface area (TPSA) is 80.0 Å². The Kier molecular flexibility index (Phi) is 4.57. The minimum Gasteiger partial charge on any atom is -0.465 e. The predicted molar refractivity (Wildman–Crippen MR) is 80.3 cm³/mol. The fourth-order valence-corrected chi connectivity index (χ4v) is 1.86. The molecule has 6 nitrogen and oxygen atoms in total. The van der Waals surface area contributed by atoms with E-state index >= 15 is 0 Å². The first-order chi connectivity index (χ1) is 10.0. The summed E-state index contributed by atoms with van der Waals surface area (Å²) in [6.07, 6.45) is 1.63. The number of amides is 1. The average molecular weight is 288 g/mol. The van der Waals surface area contributed by atoms with Gasteiger partial charge in [0.15, 0.2) is 5.69 Å².